The number of hydrogen-bond acceptors (Lipinski definition) is 4. The topological polar surface area (TPSA) is 47.3 Å². The van der Waals surface area contributed by atoms with E-state index in [-0.39, 0.29) is 12.2 Å². The van der Waals surface area contributed by atoms with Gasteiger partial charge in [-0.3, -0.25) is 9.78 Å². The highest BCUT2D eigenvalue weighted by Gasteiger charge is 2.17. The predicted octanol–water partition coefficient (Wildman–Crippen LogP) is 4.12. The molecule has 0 atom stereocenters. The Morgan fingerprint density at radius 3 is 2.65 bits per heavy atom. The number of aromatic nitrogens is 3. The molecule has 0 amide bonds. The number of thiocarbonyl (C=S) groups is 1. The van der Waals surface area contributed by atoms with Crippen LogP contribution in [0.5, 0.6) is 0 Å². The van der Waals surface area contributed by atoms with E-state index < -0.39 is 0 Å². The SMILES string of the molecule is Cc1ccc(C(=O)Cc2c(Cl)cncc2Cl)c2cc(C=S)nn12. The fourth-order valence-electron chi connectivity index (χ4n) is 2.38. The molecule has 0 unspecified atom stereocenters. The number of ketones is 1. The van der Waals surface area contributed by atoms with Crippen LogP contribution in [0.3, 0.4) is 0 Å². The van der Waals surface area contributed by atoms with Crippen LogP contribution in [0.15, 0.2) is 30.6 Å². The lowest BCUT2D eigenvalue weighted by molar-refractivity contribution is 0.0994. The van der Waals surface area contributed by atoms with Gasteiger partial charge in [-0.1, -0.05) is 35.4 Å². The summed E-state index contributed by atoms with van der Waals surface area (Å²) in [4.78, 5) is 16.6. The van der Waals surface area contributed by atoms with E-state index in [4.69, 9.17) is 35.4 Å². The largest absolute Gasteiger partial charge is 0.294 e. The normalized spacial score (nSPS) is 10.9. The number of Topliss-reactive ketones (excluding diaryl/α,β-unsaturated/α-hetero) is 1. The molecule has 3 aromatic heterocycles. The minimum absolute atomic E-state index is 0.0943. The van der Waals surface area contributed by atoms with Gasteiger partial charge in [-0.2, -0.15) is 5.10 Å². The molecule has 23 heavy (non-hydrogen) atoms. The molecule has 0 radical (unpaired) electrons. The van der Waals surface area contributed by atoms with Crippen molar-refractivity contribution < 1.29 is 4.79 Å². The molecule has 3 heterocycles. The first kappa shape index (κ1) is 16.1. The number of fused-ring (bicyclic) bond motifs is 1. The van der Waals surface area contributed by atoms with Gasteiger partial charge < -0.3 is 0 Å². The molecule has 3 aromatic rings. The maximum absolute atomic E-state index is 12.7. The highest BCUT2D eigenvalue weighted by atomic mass is 35.5. The Balaban J connectivity index is 2.06. The van der Waals surface area contributed by atoms with Gasteiger partial charge in [0.2, 0.25) is 0 Å². The number of hydrogen-bond donors (Lipinski definition) is 0. The highest BCUT2D eigenvalue weighted by Crippen LogP contribution is 2.25. The van der Waals surface area contributed by atoms with Crippen molar-refractivity contribution in [2.75, 3.05) is 0 Å². The third kappa shape index (κ3) is 3.00. The van der Waals surface area contributed by atoms with Crippen molar-refractivity contribution in [3.63, 3.8) is 0 Å². The number of nitrogens with zero attached hydrogens (tertiary/aromatic N) is 3. The summed E-state index contributed by atoms with van der Waals surface area (Å²) in [7, 11) is 0. The maximum Gasteiger partial charge on any atom is 0.169 e. The summed E-state index contributed by atoms with van der Waals surface area (Å²) in [6, 6.07) is 5.42. The lowest BCUT2D eigenvalue weighted by Crippen LogP contribution is -2.08. The van der Waals surface area contributed by atoms with Crippen molar-refractivity contribution in [1.82, 2.24) is 14.6 Å². The number of carbonyl (C=O) groups is 1. The quantitative estimate of drug-likeness (QED) is 0.516. The van der Waals surface area contributed by atoms with Crippen LogP contribution in [-0.2, 0) is 6.42 Å². The van der Waals surface area contributed by atoms with Crippen molar-refractivity contribution in [2.45, 2.75) is 13.3 Å². The van der Waals surface area contributed by atoms with Crippen LogP contribution in [0.25, 0.3) is 5.52 Å². The Morgan fingerprint density at radius 1 is 1.30 bits per heavy atom. The van der Waals surface area contributed by atoms with Crippen molar-refractivity contribution in [1.29, 1.82) is 0 Å². The first-order chi connectivity index (χ1) is 11.0. The minimum Gasteiger partial charge on any atom is -0.294 e. The van der Waals surface area contributed by atoms with Crippen molar-refractivity contribution in [3.05, 3.63) is 63.2 Å². The lowest BCUT2D eigenvalue weighted by atomic mass is 10.0. The number of rotatable bonds is 4. The Labute approximate surface area is 148 Å². The molecule has 0 aromatic carbocycles. The van der Waals surface area contributed by atoms with E-state index in [0.717, 1.165) is 5.69 Å². The van der Waals surface area contributed by atoms with Gasteiger partial charge >= 0.3 is 0 Å². The predicted molar refractivity (Wildman–Crippen MR) is 95.0 cm³/mol. The molecule has 4 nitrogen and oxygen atoms in total. The number of halogens is 2. The molecule has 0 aliphatic heterocycles. The van der Waals surface area contributed by atoms with Gasteiger partial charge in [0.25, 0.3) is 0 Å². The zero-order valence-corrected chi connectivity index (χ0v) is 14.4. The molecular formula is C16H11Cl2N3OS. The van der Waals surface area contributed by atoms with Gasteiger partial charge in [0, 0.05) is 41.0 Å². The Kier molecular flexibility index (Phi) is 4.43. The van der Waals surface area contributed by atoms with Crippen LogP contribution in [0, 0.1) is 6.92 Å². The van der Waals surface area contributed by atoms with E-state index in [1.807, 2.05) is 13.0 Å². The van der Waals surface area contributed by atoms with Crippen molar-refractivity contribution >= 4 is 52.1 Å². The van der Waals surface area contributed by atoms with E-state index >= 15 is 0 Å². The van der Waals surface area contributed by atoms with Gasteiger partial charge in [-0.25, -0.2) is 4.52 Å². The highest BCUT2D eigenvalue weighted by molar-refractivity contribution is 7.79. The number of carbonyl (C=O) groups excluding carboxylic acids is 1. The summed E-state index contributed by atoms with van der Waals surface area (Å²) in [6.45, 7) is 1.91. The molecule has 7 heteroatoms. The fraction of sp³-hybridized carbons (Fsp3) is 0.125. The second kappa shape index (κ2) is 6.35. The number of pyridine rings is 2. The summed E-state index contributed by atoms with van der Waals surface area (Å²) < 4.78 is 1.71. The summed E-state index contributed by atoms with van der Waals surface area (Å²) in [5.41, 5.74) is 3.40. The molecule has 0 aliphatic rings. The number of aryl methyl sites for hydroxylation is 1. The first-order valence-electron chi connectivity index (χ1n) is 6.77. The van der Waals surface area contributed by atoms with Crippen LogP contribution in [0.2, 0.25) is 10.0 Å². The summed E-state index contributed by atoms with van der Waals surface area (Å²) in [5.74, 6) is -0.0965. The second-order valence-electron chi connectivity index (χ2n) is 5.05. The molecule has 0 fully saturated rings. The first-order valence-corrected chi connectivity index (χ1v) is 7.99. The summed E-state index contributed by atoms with van der Waals surface area (Å²) in [6.07, 6.45) is 3.05. The van der Waals surface area contributed by atoms with E-state index in [9.17, 15) is 4.79 Å². The monoisotopic (exact) mass is 363 g/mol. The molecule has 0 N–H and O–H groups in total. The average Bonchev–Trinajstić information content (AvgIpc) is 2.96. The Bertz CT molecular complexity index is 916. The fourth-order valence-corrected chi connectivity index (χ4v) is 2.99. The summed E-state index contributed by atoms with van der Waals surface area (Å²) in [5, 5.41) is 6.60. The molecule has 0 saturated heterocycles. The van der Waals surface area contributed by atoms with Gasteiger partial charge in [0.05, 0.1) is 21.3 Å². The van der Waals surface area contributed by atoms with Gasteiger partial charge in [-0.15, -0.1) is 0 Å². The van der Waals surface area contributed by atoms with E-state index in [1.165, 1.54) is 17.8 Å². The van der Waals surface area contributed by atoms with Gasteiger partial charge in [0.1, 0.15) is 0 Å². The molecular weight excluding hydrogens is 353 g/mol. The van der Waals surface area contributed by atoms with Crippen LogP contribution in [0.4, 0.5) is 0 Å². The zero-order chi connectivity index (χ0) is 16.6. The van der Waals surface area contributed by atoms with E-state index in [1.54, 1.807) is 16.6 Å². The second-order valence-corrected chi connectivity index (χ2v) is 6.10. The maximum atomic E-state index is 12.7. The summed E-state index contributed by atoms with van der Waals surface area (Å²) >= 11 is 17.1. The standard InChI is InChI=1S/C16H11Cl2N3OS/c1-9-2-3-11(15-4-10(8-23)20-21(9)15)16(22)5-12-13(17)6-19-7-14(12)18/h2-4,6-8H,5H2,1H3. The molecule has 116 valence electrons. The molecule has 3 rings (SSSR count). The molecule has 0 spiro atoms. The third-order valence-electron chi connectivity index (χ3n) is 3.54. The average molecular weight is 364 g/mol. The van der Waals surface area contributed by atoms with Crippen LogP contribution in [0.1, 0.15) is 27.3 Å². The minimum atomic E-state index is -0.0965. The van der Waals surface area contributed by atoms with Crippen LogP contribution in [-0.4, -0.2) is 25.7 Å². The molecule has 0 aliphatic carbocycles. The third-order valence-corrected chi connectivity index (χ3v) is 4.43. The van der Waals surface area contributed by atoms with Gasteiger partial charge in [-0.05, 0) is 25.1 Å². The van der Waals surface area contributed by atoms with Gasteiger partial charge in [0.15, 0.2) is 5.78 Å². The van der Waals surface area contributed by atoms with E-state index in [0.29, 0.717) is 32.4 Å². The molecule has 0 saturated carbocycles. The van der Waals surface area contributed by atoms with Crippen LogP contribution >= 0.6 is 35.4 Å². The molecule has 0 bridgehead atoms. The van der Waals surface area contributed by atoms with Crippen molar-refractivity contribution in [2.24, 2.45) is 0 Å². The zero-order valence-electron chi connectivity index (χ0n) is 12.1. The Hall–Kier alpha value is -1.82. The Morgan fingerprint density at radius 2 is 2.00 bits per heavy atom. The van der Waals surface area contributed by atoms with Crippen molar-refractivity contribution in [3.8, 4) is 0 Å². The lowest BCUT2D eigenvalue weighted by Gasteiger charge is -2.08. The smallest absolute Gasteiger partial charge is 0.169 e. The van der Waals surface area contributed by atoms with Crippen LogP contribution < -0.4 is 0 Å². The van der Waals surface area contributed by atoms with E-state index in [2.05, 4.69) is 10.1 Å².